The number of piperazine rings is 1. The number of hydrogen-bond donors (Lipinski definition) is 1. The predicted octanol–water partition coefficient (Wildman–Crippen LogP) is 3.99. The van der Waals surface area contributed by atoms with Crippen LogP contribution in [-0.2, 0) is 7.05 Å². The number of aromatic nitrogens is 2. The Morgan fingerprint density at radius 3 is 2.68 bits per heavy atom. The molecule has 2 saturated heterocycles. The van der Waals surface area contributed by atoms with Crippen LogP contribution in [0.25, 0.3) is 10.9 Å². The van der Waals surface area contributed by atoms with Crippen molar-refractivity contribution in [3.8, 4) is 0 Å². The lowest BCUT2D eigenvalue weighted by molar-refractivity contribution is 0.254. The second-order valence-corrected chi connectivity index (χ2v) is 8.24. The molecule has 4 rings (SSSR count). The van der Waals surface area contributed by atoms with E-state index in [4.69, 9.17) is 5.10 Å². The van der Waals surface area contributed by atoms with Gasteiger partial charge in [0.15, 0.2) is 0 Å². The van der Waals surface area contributed by atoms with E-state index in [1.807, 2.05) is 4.68 Å². The van der Waals surface area contributed by atoms with Gasteiger partial charge in [-0.15, -0.1) is 0 Å². The predicted molar refractivity (Wildman–Crippen MR) is 118 cm³/mol. The Labute approximate surface area is 168 Å². The summed E-state index contributed by atoms with van der Waals surface area (Å²) >= 11 is 0. The molecular formula is C23H33N5. The van der Waals surface area contributed by atoms with Crippen LogP contribution in [0.1, 0.15) is 44.2 Å². The highest BCUT2D eigenvalue weighted by Crippen LogP contribution is 2.36. The van der Waals surface area contributed by atoms with Crippen LogP contribution in [0.3, 0.4) is 0 Å². The van der Waals surface area contributed by atoms with E-state index in [-0.39, 0.29) is 5.92 Å². The van der Waals surface area contributed by atoms with Gasteiger partial charge in [-0.3, -0.25) is 9.58 Å². The molecule has 1 aromatic carbocycles. The van der Waals surface area contributed by atoms with Crippen molar-refractivity contribution in [2.45, 2.75) is 38.5 Å². The van der Waals surface area contributed by atoms with Crippen molar-refractivity contribution in [1.29, 1.82) is 0 Å². The normalized spacial score (nSPS) is 21.4. The minimum Gasteiger partial charge on any atom is -0.369 e. The van der Waals surface area contributed by atoms with Gasteiger partial charge >= 0.3 is 0 Å². The maximum Gasteiger partial charge on any atom is 0.0792 e. The van der Waals surface area contributed by atoms with Crippen molar-refractivity contribution in [2.75, 3.05) is 37.6 Å². The lowest BCUT2D eigenvalue weighted by atomic mass is 9.90. The Balaban J connectivity index is 1.53. The van der Waals surface area contributed by atoms with Crippen LogP contribution in [0.4, 0.5) is 5.69 Å². The molecule has 5 nitrogen and oxygen atoms in total. The highest BCUT2D eigenvalue weighted by molar-refractivity contribution is 5.86. The van der Waals surface area contributed by atoms with Crippen LogP contribution in [-0.4, -0.2) is 47.4 Å². The van der Waals surface area contributed by atoms with E-state index >= 15 is 0 Å². The number of aryl methyl sites for hydroxylation is 1. The Morgan fingerprint density at radius 2 is 1.96 bits per heavy atom. The van der Waals surface area contributed by atoms with Crippen molar-refractivity contribution in [3.05, 3.63) is 48.4 Å². The molecule has 0 spiro atoms. The fraction of sp³-hybridized carbons (Fsp3) is 0.522. The maximum atomic E-state index is 4.88. The molecule has 1 N–H and O–H groups in total. The van der Waals surface area contributed by atoms with Crippen LogP contribution in [0.2, 0.25) is 0 Å². The van der Waals surface area contributed by atoms with Crippen molar-refractivity contribution >= 4 is 16.6 Å². The van der Waals surface area contributed by atoms with Gasteiger partial charge in [-0.05, 0) is 44.0 Å². The molecule has 3 heterocycles. The first-order valence-electron chi connectivity index (χ1n) is 10.6. The van der Waals surface area contributed by atoms with E-state index in [9.17, 15) is 0 Å². The molecule has 2 fully saturated rings. The first kappa shape index (κ1) is 19.1. The number of nitrogens with zero attached hydrogens (tertiary/aromatic N) is 4. The third-order valence-electron chi connectivity index (χ3n) is 6.25. The molecule has 1 unspecified atom stereocenters. The smallest absolute Gasteiger partial charge is 0.0792 e. The Morgan fingerprint density at radius 1 is 1.18 bits per heavy atom. The first-order valence-corrected chi connectivity index (χ1v) is 10.6. The molecule has 0 aliphatic carbocycles. The van der Waals surface area contributed by atoms with Gasteiger partial charge in [0.05, 0.1) is 11.2 Å². The number of nitrogens with one attached hydrogen (secondary N) is 1. The summed E-state index contributed by atoms with van der Waals surface area (Å²) in [5, 5.41) is 9.46. The monoisotopic (exact) mass is 379 g/mol. The second kappa shape index (κ2) is 8.00. The first-order chi connectivity index (χ1) is 13.6. The number of unbranched alkanes of at least 4 members (excludes halogenated alkanes) is 1. The Bertz CT molecular complexity index is 872. The maximum absolute atomic E-state index is 4.88. The zero-order valence-corrected chi connectivity index (χ0v) is 17.4. The van der Waals surface area contributed by atoms with Crippen LogP contribution in [0.15, 0.2) is 42.8 Å². The molecule has 0 bridgehead atoms. The fourth-order valence-electron chi connectivity index (χ4n) is 4.51. The van der Waals surface area contributed by atoms with Crippen molar-refractivity contribution in [2.24, 2.45) is 7.05 Å². The van der Waals surface area contributed by atoms with Gasteiger partial charge in [-0.2, -0.15) is 5.10 Å². The molecule has 0 radical (unpaired) electrons. The summed E-state index contributed by atoms with van der Waals surface area (Å²) < 4.78 is 2.03. The fourth-order valence-corrected chi connectivity index (χ4v) is 4.51. The molecule has 2 aliphatic rings. The number of fused-ring (bicyclic) bond motifs is 1. The number of hydrogen-bond acceptors (Lipinski definition) is 4. The SMILES string of the molecule is C=C1CCC(c2nn(C)c3cc(N4CCN(CCCC)CC4)ccc23)C(=C)N1. The Hall–Kier alpha value is -2.27. The van der Waals surface area contributed by atoms with Gasteiger partial charge in [-0.25, -0.2) is 0 Å². The van der Waals surface area contributed by atoms with Gasteiger partial charge < -0.3 is 10.2 Å². The third-order valence-corrected chi connectivity index (χ3v) is 6.25. The highest BCUT2D eigenvalue weighted by atomic mass is 15.3. The van der Waals surface area contributed by atoms with Gasteiger partial charge in [0.25, 0.3) is 0 Å². The Kier molecular flexibility index (Phi) is 5.44. The van der Waals surface area contributed by atoms with Gasteiger partial charge in [0.1, 0.15) is 0 Å². The summed E-state index contributed by atoms with van der Waals surface area (Å²) in [5.41, 5.74) is 5.73. The number of anilines is 1. The van der Waals surface area contributed by atoms with E-state index in [2.05, 4.69) is 60.4 Å². The minimum atomic E-state index is 0.252. The largest absolute Gasteiger partial charge is 0.369 e. The van der Waals surface area contributed by atoms with E-state index in [0.29, 0.717) is 0 Å². The van der Waals surface area contributed by atoms with Crippen molar-refractivity contribution in [3.63, 3.8) is 0 Å². The highest BCUT2D eigenvalue weighted by Gasteiger charge is 2.26. The van der Waals surface area contributed by atoms with Crippen molar-refractivity contribution < 1.29 is 0 Å². The molecule has 0 amide bonds. The van der Waals surface area contributed by atoms with Gasteiger partial charge in [0.2, 0.25) is 0 Å². The van der Waals surface area contributed by atoms with E-state index < -0.39 is 0 Å². The molecule has 150 valence electrons. The molecule has 28 heavy (non-hydrogen) atoms. The number of piperidine rings is 1. The molecule has 1 aromatic heterocycles. The quantitative estimate of drug-likeness (QED) is 0.852. The topological polar surface area (TPSA) is 36.3 Å². The van der Waals surface area contributed by atoms with Crippen molar-refractivity contribution in [1.82, 2.24) is 20.0 Å². The molecule has 5 heteroatoms. The number of allylic oxidation sites excluding steroid dienone is 2. The molecule has 2 aliphatic heterocycles. The second-order valence-electron chi connectivity index (χ2n) is 8.24. The summed E-state index contributed by atoms with van der Waals surface area (Å²) in [6.45, 7) is 16.3. The third kappa shape index (κ3) is 3.68. The summed E-state index contributed by atoms with van der Waals surface area (Å²) in [7, 11) is 2.05. The number of benzene rings is 1. The standard InChI is InChI=1S/C23H33N5/c1-5-6-11-27-12-14-28(15-13-27)19-8-10-21-22(16-19)26(4)25-23(21)20-9-7-17(2)24-18(20)3/h8,10,16,20,24H,2-3,5-7,9,11-15H2,1,4H3. The van der Waals surface area contributed by atoms with Gasteiger partial charge in [0, 0.05) is 61.6 Å². The molecular weight excluding hydrogens is 346 g/mol. The average Bonchev–Trinajstić information content (AvgIpc) is 3.03. The molecule has 1 atom stereocenters. The lowest BCUT2D eigenvalue weighted by Crippen LogP contribution is -2.46. The summed E-state index contributed by atoms with van der Waals surface area (Å²) in [6, 6.07) is 6.84. The molecule has 0 saturated carbocycles. The summed E-state index contributed by atoms with van der Waals surface area (Å²) in [6.07, 6.45) is 4.58. The van der Waals surface area contributed by atoms with E-state index in [1.54, 1.807) is 0 Å². The summed E-state index contributed by atoms with van der Waals surface area (Å²) in [5.74, 6) is 0.252. The van der Waals surface area contributed by atoms with E-state index in [0.717, 1.165) is 56.1 Å². The van der Waals surface area contributed by atoms with Crippen LogP contribution in [0.5, 0.6) is 0 Å². The van der Waals surface area contributed by atoms with Crippen LogP contribution >= 0.6 is 0 Å². The average molecular weight is 380 g/mol. The van der Waals surface area contributed by atoms with Crippen LogP contribution < -0.4 is 10.2 Å². The van der Waals surface area contributed by atoms with E-state index in [1.165, 1.54) is 36.0 Å². The zero-order valence-electron chi connectivity index (χ0n) is 17.4. The minimum absolute atomic E-state index is 0.252. The summed E-state index contributed by atoms with van der Waals surface area (Å²) in [4.78, 5) is 5.11. The number of rotatable bonds is 5. The van der Waals surface area contributed by atoms with Crippen LogP contribution in [0, 0.1) is 0 Å². The lowest BCUT2D eigenvalue weighted by Gasteiger charge is -2.36. The molecule has 2 aromatic rings. The zero-order chi connectivity index (χ0) is 19.7. The van der Waals surface area contributed by atoms with Gasteiger partial charge in [-0.1, -0.05) is 26.5 Å².